The Balaban J connectivity index is 1.70. The summed E-state index contributed by atoms with van der Waals surface area (Å²) in [6.45, 7) is 7.63. The van der Waals surface area contributed by atoms with Crippen molar-refractivity contribution < 1.29 is 9.18 Å². The minimum atomic E-state index is -0.323. The molecule has 1 amide bonds. The van der Waals surface area contributed by atoms with Crippen molar-refractivity contribution in [1.82, 2.24) is 9.97 Å². The fourth-order valence-electron chi connectivity index (χ4n) is 3.31. The van der Waals surface area contributed by atoms with E-state index in [1.807, 2.05) is 32.9 Å². The molecule has 2 aromatic carbocycles. The molecule has 3 rings (SSSR count). The number of aromatic nitrogens is 2. The Kier molecular flexibility index (Phi) is 6.72. The van der Waals surface area contributed by atoms with Crippen molar-refractivity contribution in [1.29, 1.82) is 0 Å². The highest BCUT2D eigenvalue weighted by atomic mass is 32.2. The molecule has 0 unspecified atom stereocenters. The molecule has 1 heterocycles. The molecule has 0 fully saturated rings. The van der Waals surface area contributed by atoms with Crippen molar-refractivity contribution in [3.63, 3.8) is 0 Å². The number of amides is 1. The molecule has 3 aromatic rings. The van der Waals surface area contributed by atoms with Gasteiger partial charge in [0.15, 0.2) is 5.16 Å². The molecule has 0 spiro atoms. The first kappa shape index (κ1) is 21.8. The fraction of sp³-hybridized carbons (Fsp3) is 0.261. The van der Waals surface area contributed by atoms with Gasteiger partial charge in [0, 0.05) is 22.7 Å². The van der Waals surface area contributed by atoms with Crippen LogP contribution in [0.15, 0.2) is 46.3 Å². The molecule has 0 aliphatic carbocycles. The number of hydrogen-bond acceptors (Lipinski definition) is 4. The number of H-pyrrole nitrogens is 1. The molecule has 30 heavy (non-hydrogen) atoms. The zero-order valence-electron chi connectivity index (χ0n) is 17.4. The Morgan fingerprint density at radius 3 is 2.33 bits per heavy atom. The van der Waals surface area contributed by atoms with Crippen LogP contribution in [0.2, 0.25) is 0 Å². The monoisotopic (exact) mass is 425 g/mol. The summed E-state index contributed by atoms with van der Waals surface area (Å²) in [5.74, 6) is 0.00558. The van der Waals surface area contributed by atoms with E-state index in [4.69, 9.17) is 0 Å². The largest absolute Gasteiger partial charge is 0.325 e. The second-order valence-corrected chi connectivity index (χ2v) is 8.31. The Labute approximate surface area is 179 Å². The smallest absolute Gasteiger partial charge is 0.255 e. The van der Waals surface area contributed by atoms with E-state index >= 15 is 0 Å². The van der Waals surface area contributed by atoms with Gasteiger partial charge in [0.25, 0.3) is 5.56 Å². The normalized spacial score (nSPS) is 10.8. The van der Waals surface area contributed by atoms with Crippen molar-refractivity contribution in [2.45, 2.75) is 45.0 Å². The second kappa shape index (κ2) is 9.26. The third-order valence-corrected chi connectivity index (χ3v) is 5.71. The number of halogens is 1. The third-order valence-electron chi connectivity index (χ3n) is 4.77. The number of hydrogen-bond donors (Lipinski definition) is 2. The predicted octanol–water partition coefficient (Wildman–Crippen LogP) is 4.62. The van der Waals surface area contributed by atoms with E-state index in [0.29, 0.717) is 22.2 Å². The van der Waals surface area contributed by atoms with E-state index in [1.54, 1.807) is 19.1 Å². The molecule has 0 saturated heterocycles. The summed E-state index contributed by atoms with van der Waals surface area (Å²) in [6.07, 6.45) is -0.0518. The number of anilines is 1. The quantitative estimate of drug-likeness (QED) is 0.447. The molecule has 0 saturated carbocycles. The molecule has 1 aromatic heterocycles. The summed E-state index contributed by atoms with van der Waals surface area (Å²) in [5.41, 5.74) is 5.35. The van der Waals surface area contributed by atoms with Gasteiger partial charge in [-0.1, -0.05) is 41.6 Å². The molecular weight excluding hydrogens is 401 g/mol. The van der Waals surface area contributed by atoms with Gasteiger partial charge in [0.05, 0.1) is 6.42 Å². The van der Waals surface area contributed by atoms with Crippen LogP contribution in [0.5, 0.6) is 0 Å². The molecule has 2 N–H and O–H groups in total. The molecular formula is C23H24FN3O2S. The molecule has 156 valence electrons. The van der Waals surface area contributed by atoms with Gasteiger partial charge < -0.3 is 10.3 Å². The number of aromatic amines is 1. The van der Waals surface area contributed by atoms with Gasteiger partial charge in [-0.3, -0.25) is 9.59 Å². The van der Waals surface area contributed by atoms with Gasteiger partial charge >= 0.3 is 0 Å². The first-order valence-electron chi connectivity index (χ1n) is 9.57. The van der Waals surface area contributed by atoms with Crippen LogP contribution in [0.25, 0.3) is 0 Å². The molecule has 0 aliphatic heterocycles. The lowest BCUT2D eigenvalue weighted by molar-refractivity contribution is -0.115. The number of thioether (sulfide) groups is 1. The van der Waals surface area contributed by atoms with Crippen LogP contribution < -0.4 is 10.9 Å². The van der Waals surface area contributed by atoms with Gasteiger partial charge in [-0.05, 0) is 56.5 Å². The summed E-state index contributed by atoms with van der Waals surface area (Å²) < 4.78 is 13.0. The van der Waals surface area contributed by atoms with Crippen molar-refractivity contribution in [2.24, 2.45) is 0 Å². The van der Waals surface area contributed by atoms with Crippen LogP contribution in [-0.2, 0) is 17.0 Å². The number of nitrogens with one attached hydrogen (secondary N) is 2. The molecule has 7 heteroatoms. The van der Waals surface area contributed by atoms with Gasteiger partial charge in [-0.2, -0.15) is 0 Å². The predicted molar refractivity (Wildman–Crippen MR) is 119 cm³/mol. The number of benzene rings is 2. The van der Waals surface area contributed by atoms with E-state index in [-0.39, 0.29) is 23.7 Å². The highest BCUT2D eigenvalue weighted by molar-refractivity contribution is 7.98. The highest BCUT2D eigenvalue weighted by Gasteiger charge is 2.15. The van der Waals surface area contributed by atoms with Crippen LogP contribution in [0.1, 0.15) is 33.5 Å². The summed E-state index contributed by atoms with van der Waals surface area (Å²) in [7, 11) is 0. The van der Waals surface area contributed by atoms with Crippen molar-refractivity contribution in [3.8, 4) is 0 Å². The summed E-state index contributed by atoms with van der Waals surface area (Å²) in [5, 5.41) is 3.39. The minimum Gasteiger partial charge on any atom is -0.325 e. The van der Waals surface area contributed by atoms with E-state index in [9.17, 15) is 14.0 Å². The molecule has 0 radical (unpaired) electrons. The summed E-state index contributed by atoms with van der Waals surface area (Å²) >= 11 is 1.35. The molecule has 0 aliphatic rings. The lowest BCUT2D eigenvalue weighted by Crippen LogP contribution is -2.24. The first-order chi connectivity index (χ1) is 14.2. The zero-order chi connectivity index (χ0) is 21.8. The lowest BCUT2D eigenvalue weighted by Gasteiger charge is -2.13. The van der Waals surface area contributed by atoms with E-state index in [0.717, 1.165) is 27.9 Å². The standard InChI is InChI=1S/C23H24FN3O2S/c1-13-9-14(2)21(15(3)10-13)26-20(28)11-19-16(4)25-23(27-22(19)29)30-12-17-5-7-18(24)8-6-17/h5-10H,11-12H2,1-4H3,(H,26,28)(H,25,27,29). The number of carbonyl (C=O) groups is 1. The zero-order valence-corrected chi connectivity index (χ0v) is 18.2. The average molecular weight is 426 g/mol. The van der Waals surface area contributed by atoms with E-state index < -0.39 is 0 Å². The van der Waals surface area contributed by atoms with Gasteiger partial charge in [0.2, 0.25) is 5.91 Å². The summed E-state index contributed by atoms with van der Waals surface area (Å²) in [6, 6.07) is 10.2. The van der Waals surface area contributed by atoms with E-state index in [1.165, 1.54) is 23.9 Å². The lowest BCUT2D eigenvalue weighted by atomic mass is 10.0. The topological polar surface area (TPSA) is 74.8 Å². The van der Waals surface area contributed by atoms with Crippen LogP contribution in [-0.4, -0.2) is 15.9 Å². The van der Waals surface area contributed by atoms with Crippen LogP contribution in [0.4, 0.5) is 10.1 Å². The summed E-state index contributed by atoms with van der Waals surface area (Å²) in [4.78, 5) is 32.3. The number of aryl methyl sites for hydroxylation is 4. The Bertz CT molecular complexity index is 1120. The first-order valence-corrected chi connectivity index (χ1v) is 10.6. The Morgan fingerprint density at radius 1 is 1.10 bits per heavy atom. The maximum Gasteiger partial charge on any atom is 0.255 e. The van der Waals surface area contributed by atoms with E-state index in [2.05, 4.69) is 15.3 Å². The van der Waals surface area contributed by atoms with Crippen LogP contribution >= 0.6 is 11.8 Å². The highest BCUT2D eigenvalue weighted by Crippen LogP contribution is 2.22. The van der Waals surface area contributed by atoms with Crippen LogP contribution in [0.3, 0.4) is 0 Å². The third kappa shape index (κ3) is 5.36. The number of rotatable bonds is 6. The minimum absolute atomic E-state index is 0.0518. The molecule has 5 nitrogen and oxygen atoms in total. The SMILES string of the molecule is Cc1cc(C)c(NC(=O)Cc2c(C)nc(SCc3ccc(F)cc3)[nH]c2=O)c(C)c1. The molecule has 0 bridgehead atoms. The second-order valence-electron chi connectivity index (χ2n) is 7.35. The van der Waals surface area contributed by atoms with Gasteiger partial charge in [0.1, 0.15) is 5.82 Å². The van der Waals surface area contributed by atoms with Gasteiger partial charge in [-0.25, -0.2) is 9.37 Å². The maximum absolute atomic E-state index is 13.0. The molecule has 0 atom stereocenters. The number of carbonyl (C=O) groups excluding carboxylic acids is 1. The fourth-order valence-corrected chi connectivity index (χ4v) is 4.18. The van der Waals surface area contributed by atoms with Crippen molar-refractivity contribution in [2.75, 3.05) is 5.32 Å². The van der Waals surface area contributed by atoms with Crippen LogP contribution in [0, 0.1) is 33.5 Å². The van der Waals surface area contributed by atoms with Crippen molar-refractivity contribution >= 4 is 23.4 Å². The number of nitrogens with zero attached hydrogens (tertiary/aromatic N) is 1. The van der Waals surface area contributed by atoms with Crippen molar-refractivity contribution in [3.05, 3.63) is 86.1 Å². The average Bonchev–Trinajstić information content (AvgIpc) is 2.67. The maximum atomic E-state index is 13.0. The Morgan fingerprint density at radius 2 is 1.73 bits per heavy atom. The Hall–Kier alpha value is -2.93. The van der Waals surface area contributed by atoms with Gasteiger partial charge in [-0.15, -0.1) is 0 Å².